The first-order chi connectivity index (χ1) is 6.11. The number of nitrogens with zero attached hydrogens (tertiary/aromatic N) is 1. The molecule has 0 saturated carbocycles. The summed E-state index contributed by atoms with van der Waals surface area (Å²) in [7, 11) is 0. The van der Waals surface area contributed by atoms with Crippen molar-refractivity contribution in [2.45, 2.75) is 32.3 Å². The van der Waals surface area contributed by atoms with Crippen molar-refractivity contribution in [3.05, 3.63) is 0 Å². The Labute approximate surface area is 79.0 Å². The molecule has 0 aromatic carbocycles. The van der Waals surface area contributed by atoms with Crippen LogP contribution < -0.4 is 5.73 Å². The molecular weight excluding hydrogens is 168 g/mol. The molecule has 76 valence electrons. The Morgan fingerprint density at radius 3 is 2.92 bits per heavy atom. The Hall–Kier alpha value is -0.770. The van der Waals surface area contributed by atoms with Crippen molar-refractivity contribution in [1.29, 1.82) is 0 Å². The highest BCUT2D eigenvalue weighted by atomic mass is 16.6. The van der Waals surface area contributed by atoms with Crippen LogP contribution in [-0.4, -0.2) is 36.2 Å². The van der Waals surface area contributed by atoms with E-state index in [1.54, 1.807) is 4.90 Å². The number of carbonyl (C=O) groups is 1. The van der Waals surface area contributed by atoms with Crippen molar-refractivity contribution in [2.24, 2.45) is 5.73 Å². The van der Waals surface area contributed by atoms with Crippen molar-refractivity contribution in [3.8, 4) is 0 Å². The summed E-state index contributed by atoms with van der Waals surface area (Å²) in [6, 6.07) is 0. The lowest BCUT2D eigenvalue weighted by atomic mass is 10.0. The van der Waals surface area contributed by atoms with E-state index in [1.807, 2.05) is 13.8 Å². The summed E-state index contributed by atoms with van der Waals surface area (Å²) in [4.78, 5) is 13.1. The van der Waals surface area contributed by atoms with Crippen molar-refractivity contribution in [1.82, 2.24) is 4.90 Å². The van der Waals surface area contributed by atoms with Crippen LogP contribution in [0.3, 0.4) is 0 Å². The fourth-order valence-corrected chi connectivity index (χ4v) is 1.65. The molecule has 2 N–H and O–H groups in total. The Morgan fingerprint density at radius 2 is 2.38 bits per heavy atom. The predicted octanol–water partition coefficient (Wildman–Crippen LogP) is 0.956. The maximum atomic E-state index is 11.3. The SMILES string of the molecule is CCCN1CC(C)(CCN)OC1=O. The first-order valence-electron chi connectivity index (χ1n) is 4.79. The second kappa shape index (κ2) is 3.96. The van der Waals surface area contributed by atoms with Crippen LogP contribution in [0.1, 0.15) is 26.7 Å². The van der Waals surface area contributed by atoms with Crippen molar-refractivity contribution >= 4 is 6.09 Å². The van der Waals surface area contributed by atoms with Crippen LogP contribution in [0.5, 0.6) is 0 Å². The maximum absolute atomic E-state index is 11.3. The number of hydrogen-bond acceptors (Lipinski definition) is 3. The van der Waals surface area contributed by atoms with Gasteiger partial charge in [0, 0.05) is 13.0 Å². The zero-order valence-corrected chi connectivity index (χ0v) is 8.38. The first kappa shape index (κ1) is 10.3. The number of cyclic esters (lactones) is 1. The smallest absolute Gasteiger partial charge is 0.410 e. The summed E-state index contributed by atoms with van der Waals surface area (Å²) >= 11 is 0. The largest absolute Gasteiger partial charge is 0.441 e. The van der Waals surface area contributed by atoms with Gasteiger partial charge in [-0.2, -0.15) is 0 Å². The molecular formula is C9H18N2O2. The minimum absolute atomic E-state index is 0.196. The van der Waals surface area contributed by atoms with Gasteiger partial charge in [-0.3, -0.25) is 0 Å². The normalized spacial score (nSPS) is 27.9. The summed E-state index contributed by atoms with van der Waals surface area (Å²) < 4.78 is 5.26. The van der Waals surface area contributed by atoms with Crippen LogP contribution in [0.4, 0.5) is 4.79 Å². The quantitative estimate of drug-likeness (QED) is 0.711. The summed E-state index contributed by atoms with van der Waals surface area (Å²) in [6.07, 6.45) is 1.50. The van der Waals surface area contributed by atoms with Gasteiger partial charge in [-0.15, -0.1) is 0 Å². The number of amides is 1. The van der Waals surface area contributed by atoms with E-state index in [-0.39, 0.29) is 11.7 Å². The second-order valence-corrected chi connectivity index (χ2v) is 3.78. The van der Waals surface area contributed by atoms with E-state index in [1.165, 1.54) is 0 Å². The number of hydrogen-bond donors (Lipinski definition) is 1. The first-order valence-corrected chi connectivity index (χ1v) is 4.79. The van der Waals surface area contributed by atoms with E-state index in [2.05, 4.69) is 0 Å². The molecule has 0 bridgehead atoms. The molecule has 0 radical (unpaired) electrons. The topological polar surface area (TPSA) is 55.6 Å². The number of nitrogens with two attached hydrogens (primary N) is 1. The van der Waals surface area contributed by atoms with Gasteiger partial charge >= 0.3 is 6.09 Å². The van der Waals surface area contributed by atoms with Crippen molar-refractivity contribution in [3.63, 3.8) is 0 Å². The molecule has 0 aromatic heterocycles. The molecule has 1 saturated heterocycles. The van der Waals surface area contributed by atoms with Gasteiger partial charge in [-0.05, 0) is 19.9 Å². The Balaban J connectivity index is 2.53. The molecule has 1 rings (SSSR count). The maximum Gasteiger partial charge on any atom is 0.410 e. The Kier molecular flexibility index (Phi) is 3.14. The summed E-state index contributed by atoms with van der Waals surface area (Å²) in [5.74, 6) is 0. The van der Waals surface area contributed by atoms with Gasteiger partial charge in [0.25, 0.3) is 0 Å². The zero-order chi connectivity index (χ0) is 9.90. The monoisotopic (exact) mass is 186 g/mol. The fourth-order valence-electron chi connectivity index (χ4n) is 1.65. The second-order valence-electron chi connectivity index (χ2n) is 3.78. The minimum atomic E-state index is -0.360. The molecule has 0 aromatic rings. The third-order valence-corrected chi connectivity index (χ3v) is 2.28. The van der Waals surface area contributed by atoms with E-state index in [9.17, 15) is 4.79 Å². The highest BCUT2D eigenvalue weighted by molar-refractivity contribution is 5.70. The van der Waals surface area contributed by atoms with Gasteiger partial charge in [-0.1, -0.05) is 6.92 Å². The molecule has 1 fully saturated rings. The van der Waals surface area contributed by atoms with Crippen LogP contribution in [0.25, 0.3) is 0 Å². The highest BCUT2D eigenvalue weighted by Crippen LogP contribution is 2.25. The lowest BCUT2D eigenvalue weighted by Gasteiger charge is -2.20. The van der Waals surface area contributed by atoms with Crippen LogP contribution in [-0.2, 0) is 4.74 Å². The van der Waals surface area contributed by atoms with E-state index in [0.29, 0.717) is 13.1 Å². The standard InChI is InChI=1S/C9H18N2O2/c1-3-6-11-7-9(2,4-5-10)13-8(11)12/h3-7,10H2,1-2H3. The summed E-state index contributed by atoms with van der Waals surface area (Å²) in [5, 5.41) is 0. The number of rotatable bonds is 4. The van der Waals surface area contributed by atoms with Gasteiger partial charge in [-0.25, -0.2) is 4.79 Å². The molecule has 13 heavy (non-hydrogen) atoms. The molecule has 4 nitrogen and oxygen atoms in total. The molecule has 1 amide bonds. The highest BCUT2D eigenvalue weighted by Gasteiger charge is 2.39. The Morgan fingerprint density at radius 1 is 1.69 bits per heavy atom. The van der Waals surface area contributed by atoms with E-state index in [4.69, 9.17) is 10.5 Å². The third kappa shape index (κ3) is 2.34. The summed E-state index contributed by atoms with van der Waals surface area (Å²) in [5.41, 5.74) is 5.09. The van der Waals surface area contributed by atoms with Crippen LogP contribution in [0.15, 0.2) is 0 Å². The van der Waals surface area contributed by atoms with Gasteiger partial charge in [0.2, 0.25) is 0 Å². The summed E-state index contributed by atoms with van der Waals surface area (Å²) in [6.45, 7) is 6.00. The predicted molar refractivity (Wildman–Crippen MR) is 50.4 cm³/mol. The van der Waals surface area contributed by atoms with Gasteiger partial charge in [0.1, 0.15) is 5.60 Å². The van der Waals surface area contributed by atoms with E-state index < -0.39 is 0 Å². The molecule has 0 aliphatic carbocycles. The molecule has 4 heteroatoms. The average molecular weight is 186 g/mol. The minimum Gasteiger partial charge on any atom is -0.441 e. The third-order valence-electron chi connectivity index (χ3n) is 2.28. The van der Waals surface area contributed by atoms with Crippen LogP contribution in [0.2, 0.25) is 0 Å². The molecule has 1 heterocycles. The number of carbonyl (C=O) groups excluding carboxylic acids is 1. The molecule has 1 atom stereocenters. The fraction of sp³-hybridized carbons (Fsp3) is 0.889. The van der Waals surface area contributed by atoms with Crippen molar-refractivity contribution < 1.29 is 9.53 Å². The van der Waals surface area contributed by atoms with Crippen molar-refractivity contribution in [2.75, 3.05) is 19.6 Å². The lowest BCUT2D eigenvalue weighted by Crippen LogP contribution is -2.33. The molecule has 1 aliphatic heterocycles. The molecule has 0 spiro atoms. The molecule has 1 aliphatic rings. The van der Waals surface area contributed by atoms with E-state index in [0.717, 1.165) is 19.4 Å². The van der Waals surface area contributed by atoms with E-state index >= 15 is 0 Å². The van der Waals surface area contributed by atoms with Crippen LogP contribution in [0, 0.1) is 0 Å². The van der Waals surface area contributed by atoms with Gasteiger partial charge in [0.05, 0.1) is 6.54 Å². The Bertz CT molecular complexity index is 196. The molecule has 1 unspecified atom stereocenters. The lowest BCUT2D eigenvalue weighted by molar-refractivity contribution is 0.0669. The van der Waals surface area contributed by atoms with Gasteiger partial charge < -0.3 is 15.4 Å². The average Bonchev–Trinajstić information content (AvgIpc) is 2.28. The van der Waals surface area contributed by atoms with Crippen LogP contribution >= 0.6 is 0 Å². The van der Waals surface area contributed by atoms with Gasteiger partial charge in [0.15, 0.2) is 0 Å². The number of ether oxygens (including phenoxy) is 1. The zero-order valence-electron chi connectivity index (χ0n) is 8.38.